The molecular formula is C22H19Cl2N3O5S. The molecule has 3 amide bonds. The fourth-order valence-corrected chi connectivity index (χ4v) is 3.49. The van der Waals surface area contributed by atoms with Crippen LogP contribution in [0, 0.1) is 6.92 Å². The molecule has 0 spiro atoms. The van der Waals surface area contributed by atoms with E-state index in [4.69, 9.17) is 44.9 Å². The van der Waals surface area contributed by atoms with Gasteiger partial charge < -0.3 is 14.8 Å². The second kappa shape index (κ2) is 10.7. The van der Waals surface area contributed by atoms with Gasteiger partial charge in [0.15, 0.2) is 23.2 Å². The zero-order chi connectivity index (χ0) is 24.1. The third-order valence-electron chi connectivity index (χ3n) is 4.39. The van der Waals surface area contributed by atoms with E-state index in [1.165, 1.54) is 12.1 Å². The molecule has 0 radical (unpaired) electrons. The lowest BCUT2D eigenvalue weighted by Gasteiger charge is -2.17. The smallest absolute Gasteiger partial charge is 0.263 e. The molecular weight excluding hydrogens is 489 g/mol. The average Bonchev–Trinajstić information content (AvgIpc) is 2.73. The first-order valence-electron chi connectivity index (χ1n) is 9.71. The zero-order valence-corrected chi connectivity index (χ0v) is 19.9. The number of aryl methyl sites for hydroxylation is 1. The second-order valence-electron chi connectivity index (χ2n) is 6.86. The molecule has 172 valence electrons. The van der Waals surface area contributed by atoms with E-state index in [1.807, 2.05) is 6.92 Å². The second-order valence-corrected chi connectivity index (χ2v) is 8.08. The summed E-state index contributed by atoms with van der Waals surface area (Å²) in [6.45, 7) is 3.57. The van der Waals surface area contributed by atoms with Gasteiger partial charge in [0.05, 0.1) is 11.6 Å². The summed E-state index contributed by atoms with van der Waals surface area (Å²) in [6, 6.07) is 8.18. The molecule has 3 rings (SSSR count). The molecule has 8 nitrogen and oxygen atoms in total. The van der Waals surface area contributed by atoms with Crippen LogP contribution >= 0.6 is 35.4 Å². The number of halogens is 2. The van der Waals surface area contributed by atoms with Gasteiger partial charge in [-0.2, -0.15) is 0 Å². The normalized spacial score (nSPS) is 13.2. The minimum atomic E-state index is -0.633. The van der Waals surface area contributed by atoms with Crippen LogP contribution in [0.2, 0.25) is 10.0 Å². The quantitative estimate of drug-likeness (QED) is 0.300. The van der Waals surface area contributed by atoms with Gasteiger partial charge in [0.25, 0.3) is 17.7 Å². The predicted octanol–water partition coefficient (Wildman–Crippen LogP) is 3.63. The van der Waals surface area contributed by atoms with Gasteiger partial charge in [0, 0.05) is 10.7 Å². The van der Waals surface area contributed by atoms with Crippen LogP contribution in [0.5, 0.6) is 11.5 Å². The van der Waals surface area contributed by atoms with Crippen molar-refractivity contribution in [3.05, 3.63) is 57.1 Å². The zero-order valence-electron chi connectivity index (χ0n) is 17.6. The van der Waals surface area contributed by atoms with Crippen LogP contribution < -0.4 is 25.4 Å². The molecule has 0 aliphatic carbocycles. The number of carbonyl (C=O) groups excluding carboxylic acids is 3. The van der Waals surface area contributed by atoms with Crippen molar-refractivity contribution in [3.63, 3.8) is 0 Å². The fraction of sp³-hybridized carbons (Fsp3) is 0.182. The Kier molecular flexibility index (Phi) is 7.91. The topological polar surface area (TPSA) is 106 Å². The molecule has 1 aliphatic heterocycles. The largest absolute Gasteiger partial charge is 0.490 e. The van der Waals surface area contributed by atoms with E-state index in [-0.39, 0.29) is 40.4 Å². The standard InChI is InChI=1S/C22H19Cl2N3O5S/c1-3-31-17-8-12(6-14-20(29)26-22(33)27-21(14)30)7-16(24)19(17)32-10-18(28)25-13-5-4-11(2)15(23)9-13/h4-9H,3,10H2,1-2H3,(H,25,28)(H2,26,27,29,30,33). The van der Waals surface area contributed by atoms with Crippen LogP contribution in [0.25, 0.3) is 6.08 Å². The van der Waals surface area contributed by atoms with Crippen LogP contribution in [0.3, 0.4) is 0 Å². The summed E-state index contributed by atoms with van der Waals surface area (Å²) in [6.07, 6.45) is 1.35. The number of hydrogen-bond acceptors (Lipinski definition) is 6. The maximum absolute atomic E-state index is 12.3. The maximum atomic E-state index is 12.3. The lowest BCUT2D eigenvalue weighted by molar-refractivity contribution is -0.123. The Morgan fingerprint density at radius 3 is 2.42 bits per heavy atom. The van der Waals surface area contributed by atoms with E-state index in [1.54, 1.807) is 31.2 Å². The molecule has 0 atom stereocenters. The number of carbonyl (C=O) groups is 3. The highest BCUT2D eigenvalue weighted by Crippen LogP contribution is 2.37. The van der Waals surface area contributed by atoms with Crippen LogP contribution in [0.15, 0.2) is 35.9 Å². The summed E-state index contributed by atoms with van der Waals surface area (Å²) in [5, 5.41) is 8.00. The van der Waals surface area contributed by atoms with Crippen molar-refractivity contribution in [1.29, 1.82) is 0 Å². The number of anilines is 1. The Morgan fingerprint density at radius 2 is 1.79 bits per heavy atom. The molecule has 0 bridgehead atoms. The number of ether oxygens (including phenoxy) is 2. The van der Waals surface area contributed by atoms with E-state index < -0.39 is 17.7 Å². The predicted molar refractivity (Wildman–Crippen MR) is 130 cm³/mol. The molecule has 2 aromatic rings. The van der Waals surface area contributed by atoms with Gasteiger partial charge in [-0.25, -0.2) is 0 Å². The Balaban J connectivity index is 1.78. The lowest BCUT2D eigenvalue weighted by Crippen LogP contribution is -2.51. The van der Waals surface area contributed by atoms with Crippen molar-refractivity contribution in [2.75, 3.05) is 18.5 Å². The first-order valence-corrected chi connectivity index (χ1v) is 10.9. The van der Waals surface area contributed by atoms with E-state index in [2.05, 4.69) is 16.0 Å². The van der Waals surface area contributed by atoms with E-state index in [0.717, 1.165) is 5.56 Å². The third-order valence-corrected chi connectivity index (χ3v) is 5.28. The van der Waals surface area contributed by atoms with Crippen LogP contribution in [-0.4, -0.2) is 36.0 Å². The van der Waals surface area contributed by atoms with Gasteiger partial charge in [0.1, 0.15) is 5.57 Å². The highest BCUT2D eigenvalue weighted by atomic mass is 35.5. The number of hydrogen-bond donors (Lipinski definition) is 3. The summed E-state index contributed by atoms with van der Waals surface area (Å²) >= 11 is 17.2. The van der Waals surface area contributed by atoms with Crippen molar-refractivity contribution in [2.45, 2.75) is 13.8 Å². The van der Waals surface area contributed by atoms with E-state index in [0.29, 0.717) is 16.3 Å². The van der Waals surface area contributed by atoms with Crippen molar-refractivity contribution in [3.8, 4) is 11.5 Å². The number of amides is 3. The summed E-state index contributed by atoms with van der Waals surface area (Å²) in [4.78, 5) is 36.5. The molecule has 1 saturated heterocycles. The monoisotopic (exact) mass is 507 g/mol. The molecule has 2 aromatic carbocycles. The van der Waals surface area contributed by atoms with Crippen LogP contribution in [-0.2, 0) is 14.4 Å². The summed E-state index contributed by atoms with van der Waals surface area (Å²) in [5.41, 5.74) is 1.69. The SMILES string of the molecule is CCOc1cc(C=C2C(=O)NC(=S)NC2=O)cc(Cl)c1OCC(=O)Nc1ccc(C)c(Cl)c1. The highest BCUT2D eigenvalue weighted by Gasteiger charge is 2.26. The number of rotatable bonds is 7. The van der Waals surface area contributed by atoms with Crippen molar-refractivity contribution in [1.82, 2.24) is 10.6 Å². The molecule has 1 heterocycles. The van der Waals surface area contributed by atoms with E-state index >= 15 is 0 Å². The molecule has 1 fully saturated rings. The molecule has 1 aliphatic rings. The van der Waals surface area contributed by atoms with Crippen molar-refractivity contribution < 1.29 is 23.9 Å². The third kappa shape index (κ3) is 6.22. The molecule has 33 heavy (non-hydrogen) atoms. The van der Waals surface area contributed by atoms with E-state index in [9.17, 15) is 14.4 Å². The molecule has 0 unspecified atom stereocenters. The maximum Gasteiger partial charge on any atom is 0.263 e. The molecule has 11 heteroatoms. The Labute approximate surface area is 205 Å². The summed E-state index contributed by atoms with van der Waals surface area (Å²) in [7, 11) is 0. The number of nitrogens with one attached hydrogen (secondary N) is 3. The Bertz CT molecular complexity index is 1160. The fourth-order valence-electron chi connectivity index (χ4n) is 2.85. The Hall–Kier alpha value is -3.14. The van der Waals surface area contributed by atoms with Crippen LogP contribution in [0.4, 0.5) is 5.69 Å². The molecule has 0 saturated carbocycles. The van der Waals surface area contributed by atoms with Gasteiger partial charge in [-0.05, 0) is 67.5 Å². The molecule has 3 N–H and O–H groups in total. The van der Waals surface area contributed by atoms with Gasteiger partial charge in [0.2, 0.25) is 0 Å². The minimum absolute atomic E-state index is 0.0647. The first-order chi connectivity index (χ1) is 15.7. The van der Waals surface area contributed by atoms with Gasteiger partial charge in [-0.15, -0.1) is 0 Å². The van der Waals surface area contributed by atoms with Crippen molar-refractivity contribution >= 4 is 70.0 Å². The Morgan fingerprint density at radius 1 is 1.09 bits per heavy atom. The summed E-state index contributed by atoms with van der Waals surface area (Å²) < 4.78 is 11.2. The first kappa shape index (κ1) is 24.5. The number of benzene rings is 2. The van der Waals surface area contributed by atoms with Crippen molar-refractivity contribution in [2.24, 2.45) is 0 Å². The van der Waals surface area contributed by atoms with Gasteiger partial charge >= 0.3 is 0 Å². The lowest BCUT2D eigenvalue weighted by atomic mass is 10.1. The van der Waals surface area contributed by atoms with Crippen LogP contribution in [0.1, 0.15) is 18.1 Å². The number of thiocarbonyl (C=S) groups is 1. The average molecular weight is 508 g/mol. The van der Waals surface area contributed by atoms with Gasteiger partial charge in [-0.1, -0.05) is 29.3 Å². The minimum Gasteiger partial charge on any atom is -0.490 e. The highest BCUT2D eigenvalue weighted by molar-refractivity contribution is 7.80. The summed E-state index contributed by atoms with van der Waals surface area (Å²) in [5.74, 6) is -1.30. The molecule has 0 aromatic heterocycles. The van der Waals surface area contributed by atoms with Gasteiger partial charge in [-0.3, -0.25) is 25.0 Å².